The first-order valence-electron chi connectivity index (χ1n) is 9.91. The van der Waals surface area contributed by atoms with Crippen LogP contribution in [0.2, 0.25) is 0 Å². The summed E-state index contributed by atoms with van der Waals surface area (Å²) in [5.74, 6) is -1.53. The summed E-state index contributed by atoms with van der Waals surface area (Å²) in [5.41, 5.74) is 0.421. The molecule has 0 unspecified atom stereocenters. The van der Waals surface area contributed by atoms with Crippen LogP contribution in [0.1, 0.15) is 46.5 Å². The van der Waals surface area contributed by atoms with E-state index in [1.54, 1.807) is 12.1 Å². The Morgan fingerprint density at radius 1 is 1.00 bits per heavy atom. The van der Waals surface area contributed by atoms with Crippen molar-refractivity contribution in [3.05, 3.63) is 71.3 Å². The van der Waals surface area contributed by atoms with Crippen LogP contribution in [0, 0.1) is 5.92 Å². The third kappa shape index (κ3) is 3.88. The number of benzene rings is 2. The SMILES string of the molecule is CCN(CC)C(=O)[C@]1(c2ccccc2)C[C@@H]1CNC(=O)c1ccccc1C(=O)O. The zero-order valence-corrected chi connectivity index (χ0v) is 16.7. The standard InChI is InChI=1S/C23H26N2O4/c1-3-25(4-2)22(29)23(16-10-6-5-7-11-16)14-17(23)15-24-20(26)18-12-8-9-13-19(18)21(27)28/h5-13,17H,3-4,14-15H2,1-2H3,(H,24,26)(H,27,28)/t17-,23+/m1/s1. The smallest absolute Gasteiger partial charge is 0.336 e. The number of hydrogen-bond donors (Lipinski definition) is 2. The molecule has 2 N–H and O–H groups in total. The number of aromatic carboxylic acids is 1. The highest BCUT2D eigenvalue weighted by molar-refractivity contribution is 6.04. The molecule has 6 nitrogen and oxygen atoms in total. The van der Waals surface area contributed by atoms with E-state index in [2.05, 4.69) is 5.32 Å². The molecule has 1 aliphatic carbocycles. The predicted molar refractivity (Wildman–Crippen MR) is 110 cm³/mol. The van der Waals surface area contributed by atoms with Crippen molar-refractivity contribution in [1.82, 2.24) is 10.2 Å². The van der Waals surface area contributed by atoms with Gasteiger partial charge in [0.2, 0.25) is 5.91 Å². The van der Waals surface area contributed by atoms with Crippen molar-refractivity contribution in [2.75, 3.05) is 19.6 Å². The van der Waals surface area contributed by atoms with E-state index < -0.39 is 17.3 Å². The average molecular weight is 394 g/mol. The number of rotatable bonds is 8. The highest BCUT2D eigenvalue weighted by Crippen LogP contribution is 2.55. The summed E-state index contributed by atoms with van der Waals surface area (Å²) in [6, 6.07) is 15.8. The van der Waals surface area contributed by atoms with Gasteiger partial charge in [0, 0.05) is 19.6 Å². The van der Waals surface area contributed by atoms with Crippen molar-refractivity contribution >= 4 is 17.8 Å². The third-order valence-electron chi connectivity index (χ3n) is 5.74. The van der Waals surface area contributed by atoms with Crippen molar-refractivity contribution in [3.8, 4) is 0 Å². The summed E-state index contributed by atoms with van der Waals surface area (Å²) in [5, 5.41) is 12.1. The Balaban J connectivity index is 1.79. The number of hydrogen-bond acceptors (Lipinski definition) is 3. The Bertz CT molecular complexity index is 908. The minimum atomic E-state index is -1.14. The number of carbonyl (C=O) groups is 3. The van der Waals surface area contributed by atoms with Gasteiger partial charge in [0.05, 0.1) is 16.5 Å². The molecule has 2 aromatic carbocycles. The molecule has 2 atom stereocenters. The number of amides is 2. The van der Waals surface area contributed by atoms with E-state index in [9.17, 15) is 19.5 Å². The lowest BCUT2D eigenvalue weighted by Crippen LogP contribution is -2.41. The van der Waals surface area contributed by atoms with Crippen LogP contribution in [0.5, 0.6) is 0 Å². The van der Waals surface area contributed by atoms with Crippen LogP contribution in [0.15, 0.2) is 54.6 Å². The maximum atomic E-state index is 13.3. The lowest BCUT2D eigenvalue weighted by molar-refractivity contribution is -0.134. The molecule has 1 fully saturated rings. The molecule has 3 rings (SSSR count). The fourth-order valence-corrected chi connectivity index (χ4v) is 4.02. The molecular weight excluding hydrogens is 368 g/mol. The summed E-state index contributed by atoms with van der Waals surface area (Å²) < 4.78 is 0. The van der Waals surface area contributed by atoms with Crippen LogP contribution in [0.25, 0.3) is 0 Å². The first-order valence-corrected chi connectivity index (χ1v) is 9.91. The second-order valence-corrected chi connectivity index (χ2v) is 7.28. The molecule has 1 saturated carbocycles. The highest BCUT2D eigenvalue weighted by atomic mass is 16.4. The highest BCUT2D eigenvalue weighted by Gasteiger charge is 2.61. The molecule has 29 heavy (non-hydrogen) atoms. The molecule has 0 bridgehead atoms. The van der Waals surface area contributed by atoms with Crippen molar-refractivity contribution in [3.63, 3.8) is 0 Å². The summed E-state index contributed by atoms with van der Waals surface area (Å²) in [4.78, 5) is 39.1. The Hall–Kier alpha value is -3.15. The van der Waals surface area contributed by atoms with Gasteiger partial charge in [-0.25, -0.2) is 4.79 Å². The maximum absolute atomic E-state index is 13.3. The fraction of sp³-hybridized carbons (Fsp3) is 0.348. The van der Waals surface area contributed by atoms with Gasteiger partial charge in [-0.2, -0.15) is 0 Å². The molecule has 1 aliphatic rings. The predicted octanol–water partition coefficient (Wildman–Crippen LogP) is 2.94. The van der Waals surface area contributed by atoms with Gasteiger partial charge in [-0.3, -0.25) is 9.59 Å². The van der Waals surface area contributed by atoms with Crippen LogP contribution in [-0.2, 0) is 10.2 Å². The monoisotopic (exact) mass is 394 g/mol. The van der Waals surface area contributed by atoms with Crippen molar-refractivity contribution in [2.45, 2.75) is 25.7 Å². The van der Waals surface area contributed by atoms with Gasteiger partial charge in [0.25, 0.3) is 5.91 Å². The molecule has 152 valence electrons. The lowest BCUT2D eigenvalue weighted by Gasteiger charge is -2.26. The van der Waals surface area contributed by atoms with Crippen molar-refractivity contribution < 1.29 is 19.5 Å². The zero-order valence-electron chi connectivity index (χ0n) is 16.7. The van der Waals surface area contributed by atoms with Crippen LogP contribution >= 0.6 is 0 Å². The Morgan fingerprint density at radius 2 is 1.59 bits per heavy atom. The molecule has 0 spiro atoms. The molecule has 0 aromatic heterocycles. The summed E-state index contributed by atoms with van der Waals surface area (Å²) in [6.07, 6.45) is 0.660. The number of likely N-dealkylation sites (N-methyl/N-ethyl adjacent to an activating group) is 1. The average Bonchev–Trinajstić information content (AvgIpc) is 3.49. The fourth-order valence-electron chi connectivity index (χ4n) is 4.02. The lowest BCUT2D eigenvalue weighted by atomic mass is 9.91. The topological polar surface area (TPSA) is 86.7 Å². The van der Waals surface area contributed by atoms with Gasteiger partial charge < -0.3 is 15.3 Å². The van der Waals surface area contributed by atoms with Gasteiger partial charge >= 0.3 is 5.97 Å². The van der Waals surface area contributed by atoms with Gasteiger partial charge in [0.1, 0.15) is 0 Å². The third-order valence-corrected chi connectivity index (χ3v) is 5.74. The van der Waals surface area contributed by atoms with E-state index in [4.69, 9.17) is 0 Å². The molecule has 0 radical (unpaired) electrons. The van der Waals surface area contributed by atoms with E-state index in [1.165, 1.54) is 12.1 Å². The number of nitrogens with one attached hydrogen (secondary N) is 1. The Labute approximate surface area is 170 Å². The van der Waals surface area contributed by atoms with Gasteiger partial charge in [0.15, 0.2) is 0 Å². The molecule has 0 heterocycles. The largest absolute Gasteiger partial charge is 0.478 e. The van der Waals surface area contributed by atoms with Crippen LogP contribution in [0.4, 0.5) is 0 Å². The minimum Gasteiger partial charge on any atom is -0.478 e. The van der Waals surface area contributed by atoms with Gasteiger partial charge in [-0.05, 0) is 43.9 Å². The first-order chi connectivity index (χ1) is 14.0. The van der Waals surface area contributed by atoms with E-state index in [1.807, 2.05) is 49.1 Å². The van der Waals surface area contributed by atoms with Crippen LogP contribution < -0.4 is 5.32 Å². The maximum Gasteiger partial charge on any atom is 0.336 e. The van der Waals surface area contributed by atoms with Crippen LogP contribution in [0.3, 0.4) is 0 Å². The molecule has 2 aromatic rings. The molecule has 0 aliphatic heterocycles. The van der Waals surface area contributed by atoms with Gasteiger partial charge in [-0.1, -0.05) is 42.5 Å². The number of nitrogens with zero attached hydrogens (tertiary/aromatic N) is 1. The Morgan fingerprint density at radius 3 is 2.17 bits per heavy atom. The van der Waals surface area contributed by atoms with Crippen molar-refractivity contribution in [2.24, 2.45) is 5.92 Å². The van der Waals surface area contributed by atoms with E-state index in [0.29, 0.717) is 26.1 Å². The van der Waals surface area contributed by atoms with E-state index >= 15 is 0 Å². The summed E-state index contributed by atoms with van der Waals surface area (Å²) in [7, 11) is 0. The molecule has 6 heteroatoms. The number of carboxylic acids is 1. The van der Waals surface area contributed by atoms with Crippen LogP contribution in [-0.4, -0.2) is 47.4 Å². The normalized spacial score (nSPS) is 20.0. The second kappa shape index (κ2) is 8.47. The van der Waals surface area contributed by atoms with E-state index in [-0.39, 0.29) is 23.0 Å². The summed E-state index contributed by atoms with van der Waals surface area (Å²) in [6.45, 7) is 5.50. The molecular formula is C23H26N2O4. The molecule has 2 amide bonds. The van der Waals surface area contributed by atoms with E-state index in [0.717, 1.165) is 5.56 Å². The van der Waals surface area contributed by atoms with Crippen molar-refractivity contribution in [1.29, 1.82) is 0 Å². The zero-order chi connectivity index (χ0) is 21.0. The second-order valence-electron chi connectivity index (χ2n) is 7.28. The van der Waals surface area contributed by atoms with Gasteiger partial charge in [-0.15, -0.1) is 0 Å². The number of carbonyl (C=O) groups excluding carboxylic acids is 2. The summed E-state index contributed by atoms with van der Waals surface area (Å²) >= 11 is 0. The minimum absolute atomic E-state index is 0.0288. The first kappa shape index (κ1) is 20.6. The Kier molecular flexibility index (Phi) is 6.01. The quantitative estimate of drug-likeness (QED) is 0.721. The number of carboxylic acid groups (broad SMARTS) is 1. The molecule has 0 saturated heterocycles.